The minimum absolute atomic E-state index is 0.189. The van der Waals surface area contributed by atoms with Crippen LogP contribution in [0.4, 0.5) is 4.79 Å². The Morgan fingerprint density at radius 2 is 1.51 bits per heavy atom. The molecule has 2 fully saturated rings. The third kappa shape index (κ3) is 4.76. The van der Waals surface area contributed by atoms with Crippen molar-refractivity contribution in [3.63, 3.8) is 0 Å². The molecule has 0 radical (unpaired) electrons. The summed E-state index contributed by atoms with van der Waals surface area (Å²) in [6.07, 6.45) is 2.83. The van der Waals surface area contributed by atoms with Crippen LogP contribution >= 0.6 is 0 Å². The molecule has 37 heavy (non-hydrogen) atoms. The zero-order valence-electron chi connectivity index (χ0n) is 21.4. The van der Waals surface area contributed by atoms with Crippen molar-refractivity contribution in [2.24, 2.45) is 5.92 Å². The normalized spacial score (nSPS) is 20.3. The molecule has 0 spiro atoms. The molecule has 2 heterocycles. The summed E-state index contributed by atoms with van der Waals surface area (Å²) in [4.78, 5) is 43.3. The van der Waals surface area contributed by atoms with Gasteiger partial charge in [-0.25, -0.2) is 4.79 Å². The molecule has 1 atom stereocenters. The largest absolute Gasteiger partial charge is 0.341 e. The van der Waals surface area contributed by atoms with Crippen LogP contribution in [0, 0.1) is 19.8 Å². The molecule has 6 heteroatoms. The summed E-state index contributed by atoms with van der Waals surface area (Å²) in [7, 11) is 0. The van der Waals surface area contributed by atoms with Gasteiger partial charge in [-0.1, -0.05) is 78.9 Å². The first kappa shape index (κ1) is 24.8. The van der Waals surface area contributed by atoms with Gasteiger partial charge in [-0.3, -0.25) is 14.5 Å². The first-order valence-corrected chi connectivity index (χ1v) is 13.0. The minimum Gasteiger partial charge on any atom is -0.341 e. The number of aryl methyl sites for hydroxylation is 2. The lowest BCUT2D eigenvalue weighted by Crippen LogP contribution is -2.48. The van der Waals surface area contributed by atoms with Gasteiger partial charge in [0.2, 0.25) is 5.91 Å². The lowest BCUT2D eigenvalue weighted by Gasteiger charge is -2.33. The van der Waals surface area contributed by atoms with Gasteiger partial charge in [0.15, 0.2) is 5.54 Å². The maximum Gasteiger partial charge on any atom is 0.326 e. The number of nitrogens with zero attached hydrogens (tertiary/aromatic N) is 2. The number of piperidine rings is 1. The Morgan fingerprint density at radius 3 is 2.16 bits per heavy atom. The van der Waals surface area contributed by atoms with E-state index >= 15 is 0 Å². The van der Waals surface area contributed by atoms with Gasteiger partial charge >= 0.3 is 6.03 Å². The highest BCUT2D eigenvalue weighted by Crippen LogP contribution is 2.37. The molecule has 4 amide bonds. The van der Waals surface area contributed by atoms with Crippen molar-refractivity contribution in [3.05, 3.63) is 107 Å². The third-order valence-electron chi connectivity index (χ3n) is 7.88. The molecule has 0 bridgehead atoms. The van der Waals surface area contributed by atoms with Crippen LogP contribution in [0.15, 0.2) is 78.9 Å². The molecular formula is C31H33N3O3. The van der Waals surface area contributed by atoms with E-state index in [1.54, 1.807) is 4.90 Å². The number of hydrogen-bond acceptors (Lipinski definition) is 3. The molecule has 0 aliphatic carbocycles. The van der Waals surface area contributed by atoms with Crippen molar-refractivity contribution < 1.29 is 14.4 Å². The highest BCUT2D eigenvalue weighted by Gasteiger charge is 2.54. The smallest absolute Gasteiger partial charge is 0.326 e. The molecule has 2 aliphatic heterocycles. The number of benzene rings is 3. The van der Waals surface area contributed by atoms with Crippen LogP contribution in [0.25, 0.3) is 0 Å². The van der Waals surface area contributed by atoms with Gasteiger partial charge in [-0.2, -0.15) is 0 Å². The average molecular weight is 496 g/mol. The van der Waals surface area contributed by atoms with Crippen LogP contribution in [-0.4, -0.2) is 47.3 Å². The predicted molar refractivity (Wildman–Crippen MR) is 143 cm³/mol. The highest BCUT2D eigenvalue weighted by atomic mass is 16.2. The summed E-state index contributed by atoms with van der Waals surface area (Å²) in [6, 6.07) is 24.9. The maximum atomic E-state index is 14.0. The van der Waals surface area contributed by atoms with E-state index in [1.807, 2.05) is 68.4 Å². The monoisotopic (exact) mass is 495 g/mol. The van der Waals surface area contributed by atoms with Gasteiger partial charge in [0.1, 0.15) is 6.54 Å². The SMILES string of the molecule is Cc1ccc([C@]2(c3ccccc3)NC(=O)N(CC(=O)N3CCC(Cc4ccccc4)CC3)C2=O)cc1C. The van der Waals surface area contributed by atoms with Gasteiger partial charge < -0.3 is 10.2 Å². The Balaban J connectivity index is 1.32. The van der Waals surface area contributed by atoms with E-state index in [4.69, 9.17) is 0 Å². The zero-order chi connectivity index (χ0) is 26.0. The second kappa shape index (κ2) is 10.2. The number of hydrogen-bond donors (Lipinski definition) is 1. The summed E-state index contributed by atoms with van der Waals surface area (Å²) in [5, 5.41) is 2.96. The van der Waals surface area contributed by atoms with Crippen molar-refractivity contribution in [1.29, 1.82) is 0 Å². The number of rotatable bonds is 6. The standard InChI is InChI=1S/C31H33N3O3/c1-22-13-14-27(19-23(22)2)31(26-11-7-4-8-12-26)29(36)34(30(37)32-31)21-28(35)33-17-15-25(16-18-33)20-24-9-5-3-6-10-24/h3-14,19,25H,15-18,20-21H2,1-2H3,(H,32,37)/t31-/m0/s1. The van der Waals surface area contributed by atoms with Crippen molar-refractivity contribution in [3.8, 4) is 0 Å². The van der Waals surface area contributed by atoms with E-state index in [2.05, 4.69) is 29.6 Å². The maximum absolute atomic E-state index is 14.0. The minimum atomic E-state index is -1.36. The van der Waals surface area contributed by atoms with E-state index in [-0.39, 0.29) is 12.5 Å². The van der Waals surface area contributed by atoms with Crippen molar-refractivity contribution in [2.75, 3.05) is 19.6 Å². The molecule has 6 nitrogen and oxygen atoms in total. The summed E-state index contributed by atoms with van der Waals surface area (Å²) in [5.41, 5.74) is 3.45. The molecule has 1 N–H and O–H groups in total. The predicted octanol–water partition coefficient (Wildman–Crippen LogP) is 4.58. The molecule has 0 unspecified atom stereocenters. The third-order valence-corrected chi connectivity index (χ3v) is 7.88. The van der Waals surface area contributed by atoms with E-state index in [0.717, 1.165) is 35.3 Å². The van der Waals surface area contributed by atoms with Gasteiger partial charge in [-0.05, 0) is 66.8 Å². The summed E-state index contributed by atoms with van der Waals surface area (Å²) >= 11 is 0. The molecule has 0 aromatic heterocycles. The molecule has 190 valence electrons. The Bertz CT molecular complexity index is 1300. The van der Waals surface area contributed by atoms with E-state index in [9.17, 15) is 14.4 Å². The van der Waals surface area contributed by atoms with Crippen molar-refractivity contribution >= 4 is 17.8 Å². The Morgan fingerprint density at radius 1 is 0.865 bits per heavy atom. The van der Waals surface area contributed by atoms with Gasteiger partial charge in [-0.15, -0.1) is 0 Å². The number of nitrogens with one attached hydrogen (secondary N) is 1. The summed E-state index contributed by atoms with van der Waals surface area (Å²) < 4.78 is 0. The van der Waals surface area contributed by atoms with E-state index in [1.165, 1.54) is 5.56 Å². The summed E-state index contributed by atoms with van der Waals surface area (Å²) in [6.45, 7) is 5.02. The fraction of sp³-hybridized carbons (Fsp3) is 0.323. The number of carbonyl (C=O) groups excluding carboxylic acids is 3. The Labute approximate surface area is 218 Å². The van der Waals surface area contributed by atoms with Crippen molar-refractivity contribution in [1.82, 2.24) is 15.1 Å². The highest BCUT2D eigenvalue weighted by molar-refractivity contribution is 6.11. The Hall–Kier alpha value is -3.93. The van der Waals surface area contributed by atoms with E-state index < -0.39 is 17.5 Å². The van der Waals surface area contributed by atoms with Crippen LogP contribution < -0.4 is 5.32 Å². The quantitative estimate of drug-likeness (QED) is 0.509. The van der Waals surface area contributed by atoms with Crippen LogP contribution in [-0.2, 0) is 21.5 Å². The molecular weight excluding hydrogens is 462 g/mol. The number of urea groups is 1. The van der Waals surface area contributed by atoms with Crippen LogP contribution in [0.1, 0.15) is 40.7 Å². The second-order valence-electron chi connectivity index (χ2n) is 10.3. The first-order chi connectivity index (χ1) is 17.9. The molecule has 5 rings (SSSR count). The van der Waals surface area contributed by atoms with Gasteiger partial charge in [0.25, 0.3) is 5.91 Å². The number of likely N-dealkylation sites (tertiary alicyclic amines) is 1. The fourth-order valence-electron chi connectivity index (χ4n) is 5.51. The lowest BCUT2D eigenvalue weighted by molar-refractivity contribution is -0.139. The lowest BCUT2D eigenvalue weighted by atomic mass is 9.81. The summed E-state index contributed by atoms with van der Waals surface area (Å²) in [5.74, 6) is -0.0800. The molecule has 3 aromatic carbocycles. The average Bonchev–Trinajstić information content (AvgIpc) is 3.17. The number of carbonyl (C=O) groups is 3. The molecule has 2 aliphatic rings. The fourth-order valence-corrected chi connectivity index (χ4v) is 5.51. The second-order valence-corrected chi connectivity index (χ2v) is 10.3. The van der Waals surface area contributed by atoms with Gasteiger partial charge in [0, 0.05) is 13.1 Å². The zero-order valence-corrected chi connectivity index (χ0v) is 21.4. The topological polar surface area (TPSA) is 69.7 Å². The van der Waals surface area contributed by atoms with Crippen LogP contribution in [0.3, 0.4) is 0 Å². The molecule has 0 saturated carbocycles. The van der Waals surface area contributed by atoms with Crippen molar-refractivity contribution in [2.45, 2.75) is 38.6 Å². The molecule has 2 saturated heterocycles. The van der Waals surface area contributed by atoms with Crippen LogP contribution in [0.2, 0.25) is 0 Å². The van der Waals surface area contributed by atoms with Crippen LogP contribution in [0.5, 0.6) is 0 Å². The Kier molecular flexibility index (Phi) is 6.83. The molecule has 3 aromatic rings. The number of imide groups is 1. The first-order valence-electron chi connectivity index (χ1n) is 13.0. The van der Waals surface area contributed by atoms with E-state index in [0.29, 0.717) is 30.1 Å². The van der Waals surface area contributed by atoms with Gasteiger partial charge in [0.05, 0.1) is 0 Å². The number of amides is 4.